The van der Waals surface area contributed by atoms with E-state index in [4.69, 9.17) is 0 Å². The van der Waals surface area contributed by atoms with E-state index < -0.39 is 14.9 Å². The number of aryl methyl sites for hydroxylation is 1. The zero-order chi connectivity index (χ0) is 16.8. The molecule has 1 heterocycles. The lowest BCUT2D eigenvalue weighted by molar-refractivity contribution is -0.385. The van der Waals surface area contributed by atoms with Gasteiger partial charge in [-0.3, -0.25) is 14.4 Å². The molecule has 3 rings (SSSR count). The molecule has 7 heteroatoms. The lowest BCUT2D eigenvalue weighted by atomic mass is 10.1. The molecule has 1 atom stereocenters. The molecule has 0 spiro atoms. The van der Waals surface area contributed by atoms with E-state index in [1.165, 1.54) is 16.4 Å². The lowest BCUT2D eigenvalue weighted by Gasteiger charge is -2.25. The second-order valence-electron chi connectivity index (χ2n) is 5.69. The van der Waals surface area contributed by atoms with E-state index in [1.54, 1.807) is 19.1 Å². The van der Waals surface area contributed by atoms with E-state index in [0.717, 1.165) is 11.6 Å². The van der Waals surface area contributed by atoms with Crippen molar-refractivity contribution in [3.63, 3.8) is 0 Å². The van der Waals surface area contributed by atoms with Crippen molar-refractivity contribution in [1.82, 2.24) is 0 Å². The number of nitrogens with zero attached hydrogens (tertiary/aromatic N) is 2. The van der Waals surface area contributed by atoms with Gasteiger partial charge in [0.15, 0.2) is 0 Å². The van der Waals surface area contributed by atoms with Crippen LogP contribution >= 0.6 is 0 Å². The Kier molecular flexibility index (Phi) is 3.60. The normalized spacial score (nSPS) is 17.1. The molecule has 0 N–H and O–H groups in total. The molecule has 2 aromatic carbocycles. The van der Waals surface area contributed by atoms with Crippen LogP contribution in [0.15, 0.2) is 47.4 Å². The van der Waals surface area contributed by atoms with Crippen molar-refractivity contribution in [1.29, 1.82) is 0 Å². The Morgan fingerprint density at radius 1 is 1.22 bits per heavy atom. The molecule has 0 saturated heterocycles. The maximum absolute atomic E-state index is 13.1. The number of non-ortho nitro benzene ring substituents is 1. The summed E-state index contributed by atoms with van der Waals surface area (Å²) in [6, 6.07) is 11.0. The molecule has 0 radical (unpaired) electrons. The average molecular weight is 332 g/mol. The molecule has 1 aliphatic heterocycles. The van der Waals surface area contributed by atoms with Crippen LogP contribution in [-0.2, 0) is 16.4 Å². The van der Waals surface area contributed by atoms with Gasteiger partial charge in [0, 0.05) is 18.2 Å². The topological polar surface area (TPSA) is 80.5 Å². The van der Waals surface area contributed by atoms with Gasteiger partial charge in [0.2, 0.25) is 0 Å². The van der Waals surface area contributed by atoms with Gasteiger partial charge in [-0.15, -0.1) is 0 Å². The molecule has 120 valence electrons. The second-order valence-corrected chi connectivity index (χ2v) is 7.47. The van der Waals surface area contributed by atoms with Crippen LogP contribution in [0.25, 0.3) is 0 Å². The molecule has 6 nitrogen and oxygen atoms in total. The highest BCUT2D eigenvalue weighted by Gasteiger charge is 2.37. The first-order valence-corrected chi connectivity index (χ1v) is 8.64. The van der Waals surface area contributed by atoms with Gasteiger partial charge in [0.1, 0.15) is 0 Å². The number of nitro benzene ring substituents is 1. The Morgan fingerprint density at radius 2 is 1.91 bits per heavy atom. The standard InChI is InChI=1S/C16H16N2O4S/c1-11-7-8-14(18(19)20)10-16(11)23(21,22)17-12(2)9-13-5-3-4-6-15(13)17/h3-8,10,12H,9H2,1-2H3/t12-/m1/s1. The zero-order valence-electron chi connectivity index (χ0n) is 12.8. The molecular formula is C16H16N2O4S. The molecule has 2 aromatic rings. The summed E-state index contributed by atoms with van der Waals surface area (Å²) in [4.78, 5) is 10.4. The molecule has 0 bridgehead atoms. The molecule has 0 amide bonds. The Balaban J connectivity index is 2.17. The summed E-state index contributed by atoms with van der Waals surface area (Å²) in [5.74, 6) is 0. The van der Waals surface area contributed by atoms with Gasteiger partial charge in [0.25, 0.3) is 15.7 Å². The number of para-hydroxylation sites is 1. The van der Waals surface area contributed by atoms with E-state index >= 15 is 0 Å². The number of benzene rings is 2. The molecule has 0 fully saturated rings. The summed E-state index contributed by atoms with van der Waals surface area (Å²) in [6.07, 6.45) is 0.628. The first-order valence-electron chi connectivity index (χ1n) is 7.20. The number of fused-ring (bicyclic) bond motifs is 1. The minimum absolute atomic E-state index is 0.0183. The third kappa shape index (κ3) is 2.46. The van der Waals surface area contributed by atoms with Gasteiger partial charge in [0.05, 0.1) is 15.5 Å². The van der Waals surface area contributed by atoms with E-state index in [-0.39, 0.29) is 16.6 Å². The Labute approximate surface area is 134 Å². The maximum atomic E-state index is 13.1. The summed E-state index contributed by atoms with van der Waals surface area (Å²) in [5.41, 5.74) is 1.87. The quantitative estimate of drug-likeness (QED) is 0.639. The molecule has 0 saturated carbocycles. The lowest BCUT2D eigenvalue weighted by Crippen LogP contribution is -2.36. The van der Waals surface area contributed by atoms with Crippen molar-refractivity contribution in [2.45, 2.75) is 31.2 Å². The van der Waals surface area contributed by atoms with Crippen LogP contribution in [0.5, 0.6) is 0 Å². The maximum Gasteiger partial charge on any atom is 0.270 e. The largest absolute Gasteiger partial charge is 0.270 e. The SMILES string of the molecule is Cc1ccc([N+](=O)[O-])cc1S(=O)(=O)N1c2ccccc2C[C@H]1C. The monoisotopic (exact) mass is 332 g/mol. The molecule has 0 aliphatic carbocycles. The van der Waals surface area contributed by atoms with Crippen LogP contribution < -0.4 is 4.31 Å². The van der Waals surface area contributed by atoms with E-state index in [2.05, 4.69) is 0 Å². The number of hydrogen-bond donors (Lipinski definition) is 0. The van der Waals surface area contributed by atoms with Gasteiger partial charge >= 0.3 is 0 Å². The smallest absolute Gasteiger partial charge is 0.263 e. The van der Waals surface area contributed by atoms with Crippen LogP contribution in [-0.4, -0.2) is 19.4 Å². The van der Waals surface area contributed by atoms with Crippen molar-refractivity contribution in [2.24, 2.45) is 0 Å². The predicted molar refractivity (Wildman–Crippen MR) is 87.1 cm³/mol. The Bertz CT molecular complexity index is 893. The predicted octanol–water partition coefficient (Wildman–Crippen LogP) is 3.04. The van der Waals surface area contributed by atoms with Crippen molar-refractivity contribution in [3.8, 4) is 0 Å². The molecule has 0 unspecified atom stereocenters. The van der Waals surface area contributed by atoms with Crippen molar-refractivity contribution >= 4 is 21.4 Å². The summed E-state index contributed by atoms with van der Waals surface area (Å²) in [6.45, 7) is 3.48. The van der Waals surface area contributed by atoms with Crippen LogP contribution in [0.1, 0.15) is 18.1 Å². The molecule has 23 heavy (non-hydrogen) atoms. The summed E-state index contributed by atoms with van der Waals surface area (Å²) in [7, 11) is -3.86. The Hall–Kier alpha value is -2.41. The molecule has 1 aliphatic rings. The van der Waals surface area contributed by atoms with Crippen molar-refractivity contribution < 1.29 is 13.3 Å². The third-order valence-electron chi connectivity index (χ3n) is 4.06. The number of sulfonamides is 1. The molecule has 0 aromatic heterocycles. The summed E-state index contributed by atoms with van der Waals surface area (Å²) < 4.78 is 27.6. The fourth-order valence-electron chi connectivity index (χ4n) is 2.99. The van der Waals surface area contributed by atoms with E-state index in [9.17, 15) is 18.5 Å². The van der Waals surface area contributed by atoms with Gasteiger partial charge in [-0.2, -0.15) is 0 Å². The summed E-state index contributed by atoms with van der Waals surface area (Å²) in [5, 5.41) is 11.0. The number of hydrogen-bond acceptors (Lipinski definition) is 4. The highest BCUT2D eigenvalue weighted by atomic mass is 32.2. The fraction of sp³-hybridized carbons (Fsp3) is 0.250. The number of rotatable bonds is 3. The number of anilines is 1. The van der Waals surface area contributed by atoms with E-state index in [0.29, 0.717) is 17.7 Å². The average Bonchev–Trinajstić information content (AvgIpc) is 2.83. The number of nitro groups is 1. The first-order chi connectivity index (χ1) is 10.8. The van der Waals surface area contributed by atoms with Gasteiger partial charge < -0.3 is 0 Å². The summed E-state index contributed by atoms with van der Waals surface area (Å²) >= 11 is 0. The third-order valence-corrected chi connectivity index (χ3v) is 6.13. The highest BCUT2D eigenvalue weighted by Crippen LogP contribution is 2.37. The van der Waals surface area contributed by atoms with Crippen molar-refractivity contribution in [3.05, 3.63) is 63.7 Å². The van der Waals surface area contributed by atoms with Gasteiger partial charge in [-0.05, 0) is 37.5 Å². The van der Waals surface area contributed by atoms with Gasteiger partial charge in [-0.25, -0.2) is 8.42 Å². The first kappa shape index (κ1) is 15.5. The van der Waals surface area contributed by atoms with Crippen LogP contribution in [0.3, 0.4) is 0 Å². The van der Waals surface area contributed by atoms with Gasteiger partial charge in [-0.1, -0.05) is 24.3 Å². The van der Waals surface area contributed by atoms with E-state index in [1.807, 2.05) is 19.1 Å². The second kappa shape index (κ2) is 5.34. The van der Waals surface area contributed by atoms with Crippen LogP contribution in [0.4, 0.5) is 11.4 Å². The minimum atomic E-state index is -3.86. The van der Waals surface area contributed by atoms with Crippen LogP contribution in [0.2, 0.25) is 0 Å². The molecular weight excluding hydrogens is 316 g/mol. The van der Waals surface area contributed by atoms with Crippen molar-refractivity contribution in [2.75, 3.05) is 4.31 Å². The minimum Gasteiger partial charge on any atom is -0.263 e. The highest BCUT2D eigenvalue weighted by molar-refractivity contribution is 7.93. The zero-order valence-corrected chi connectivity index (χ0v) is 13.6. The fourth-order valence-corrected chi connectivity index (χ4v) is 4.93. The Morgan fingerprint density at radius 3 is 2.61 bits per heavy atom. The van der Waals surface area contributed by atoms with Crippen LogP contribution in [0, 0.1) is 17.0 Å².